The lowest BCUT2D eigenvalue weighted by Gasteiger charge is -2.15. The van der Waals surface area contributed by atoms with E-state index in [0.717, 1.165) is 23.8 Å². The Morgan fingerprint density at radius 3 is 2.80 bits per heavy atom. The first-order valence-corrected chi connectivity index (χ1v) is 9.92. The summed E-state index contributed by atoms with van der Waals surface area (Å²) in [7, 11) is 0. The number of benzene rings is 1. The minimum absolute atomic E-state index is 0.254. The molecule has 6 heteroatoms. The Labute approximate surface area is 174 Å². The van der Waals surface area contributed by atoms with Gasteiger partial charge in [-0.25, -0.2) is 0 Å². The molecule has 0 fully saturated rings. The molecule has 0 aliphatic heterocycles. The number of hydrogen-bond acceptors (Lipinski definition) is 6. The molecule has 0 saturated heterocycles. The zero-order chi connectivity index (χ0) is 20.9. The normalized spacial score (nSPS) is 12.1. The zero-order valence-electron chi connectivity index (χ0n) is 16.7. The fourth-order valence-electron chi connectivity index (χ4n) is 3.47. The maximum atomic E-state index is 12.8. The van der Waals surface area contributed by atoms with Crippen LogP contribution in [0.1, 0.15) is 40.2 Å². The Morgan fingerprint density at radius 2 is 2.03 bits per heavy atom. The third-order valence-electron chi connectivity index (χ3n) is 4.97. The molecule has 3 aromatic heterocycles. The molecule has 2 N–H and O–H groups in total. The van der Waals surface area contributed by atoms with Crippen molar-refractivity contribution in [1.29, 1.82) is 0 Å². The third kappa shape index (κ3) is 4.23. The van der Waals surface area contributed by atoms with Crippen LogP contribution < -0.4 is 10.5 Å². The molecular weight excluding hydrogens is 378 g/mol. The average molecular weight is 401 g/mol. The van der Waals surface area contributed by atoms with Crippen molar-refractivity contribution in [1.82, 2.24) is 9.97 Å². The minimum Gasteiger partial charge on any atom is -0.475 e. The van der Waals surface area contributed by atoms with Gasteiger partial charge in [-0.05, 0) is 62.1 Å². The summed E-state index contributed by atoms with van der Waals surface area (Å²) < 4.78 is 11.9. The SMILES string of the molecule is Cc1c(C(=O)c2ccccn2)oc2cccc(OC(N)CCCc3cccnc3)c12. The molecule has 0 aliphatic carbocycles. The van der Waals surface area contributed by atoms with Crippen molar-refractivity contribution in [3.05, 3.63) is 89.7 Å². The van der Waals surface area contributed by atoms with Gasteiger partial charge in [-0.2, -0.15) is 0 Å². The molecule has 30 heavy (non-hydrogen) atoms. The molecule has 0 bridgehead atoms. The highest BCUT2D eigenvalue weighted by Crippen LogP contribution is 2.34. The second-order valence-electron chi connectivity index (χ2n) is 7.14. The van der Waals surface area contributed by atoms with Gasteiger partial charge in [-0.3, -0.25) is 20.5 Å². The van der Waals surface area contributed by atoms with Crippen molar-refractivity contribution in [2.24, 2.45) is 5.73 Å². The largest absolute Gasteiger partial charge is 0.475 e. The van der Waals surface area contributed by atoms with E-state index >= 15 is 0 Å². The first kappa shape index (κ1) is 19.8. The molecule has 0 aliphatic rings. The van der Waals surface area contributed by atoms with Gasteiger partial charge in [0.2, 0.25) is 5.78 Å². The molecule has 1 unspecified atom stereocenters. The number of fused-ring (bicyclic) bond motifs is 1. The fraction of sp³-hybridized carbons (Fsp3) is 0.208. The number of carbonyl (C=O) groups is 1. The van der Waals surface area contributed by atoms with Gasteiger partial charge < -0.3 is 9.15 Å². The summed E-state index contributed by atoms with van der Waals surface area (Å²) >= 11 is 0. The van der Waals surface area contributed by atoms with Crippen LogP contribution in [-0.4, -0.2) is 22.0 Å². The molecule has 0 amide bonds. The molecule has 0 spiro atoms. The summed E-state index contributed by atoms with van der Waals surface area (Å²) in [6.45, 7) is 1.85. The van der Waals surface area contributed by atoms with E-state index in [9.17, 15) is 4.79 Å². The van der Waals surface area contributed by atoms with Crippen LogP contribution in [0.4, 0.5) is 0 Å². The third-order valence-corrected chi connectivity index (χ3v) is 4.97. The summed E-state index contributed by atoms with van der Waals surface area (Å²) in [5, 5.41) is 0.763. The van der Waals surface area contributed by atoms with Gasteiger partial charge in [0.25, 0.3) is 0 Å². The monoisotopic (exact) mass is 401 g/mol. The van der Waals surface area contributed by atoms with Crippen molar-refractivity contribution in [3.8, 4) is 5.75 Å². The molecular formula is C24H23N3O3. The summed E-state index contributed by atoms with van der Waals surface area (Å²) in [6, 6.07) is 14.7. The summed E-state index contributed by atoms with van der Waals surface area (Å²) in [6.07, 6.45) is 7.23. The zero-order valence-corrected chi connectivity index (χ0v) is 16.7. The summed E-state index contributed by atoms with van der Waals surface area (Å²) in [5.74, 6) is 0.628. The lowest BCUT2D eigenvalue weighted by molar-refractivity contribution is 0.101. The predicted molar refractivity (Wildman–Crippen MR) is 114 cm³/mol. The molecule has 1 aromatic carbocycles. The number of nitrogens with zero attached hydrogens (tertiary/aromatic N) is 2. The smallest absolute Gasteiger partial charge is 0.246 e. The van der Waals surface area contributed by atoms with Crippen LogP contribution >= 0.6 is 0 Å². The number of nitrogens with two attached hydrogens (primary N) is 1. The van der Waals surface area contributed by atoms with Crippen molar-refractivity contribution in [2.75, 3.05) is 0 Å². The van der Waals surface area contributed by atoms with E-state index in [4.69, 9.17) is 14.9 Å². The number of carbonyl (C=O) groups excluding carboxylic acids is 1. The number of rotatable bonds is 8. The Kier molecular flexibility index (Phi) is 5.86. The van der Waals surface area contributed by atoms with Gasteiger partial charge in [-0.1, -0.05) is 18.2 Å². The van der Waals surface area contributed by atoms with Crippen LogP contribution in [0.3, 0.4) is 0 Å². The molecule has 1 atom stereocenters. The topological polar surface area (TPSA) is 91.2 Å². The second-order valence-corrected chi connectivity index (χ2v) is 7.14. The molecule has 4 rings (SSSR count). The van der Waals surface area contributed by atoms with Crippen LogP contribution in [-0.2, 0) is 6.42 Å². The van der Waals surface area contributed by atoms with E-state index in [1.807, 2.05) is 37.4 Å². The van der Waals surface area contributed by atoms with Gasteiger partial charge in [0, 0.05) is 24.2 Å². The number of ketones is 1. The molecule has 4 aromatic rings. The van der Waals surface area contributed by atoms with Gasteiger partial charge in [0.1, 0.15) is 23.3 Å². The molecule has 0 radical (unpaired) electrons. The highest BCUT2D eigenvalue weighted by Gasteiger charge is 2.22. The van der Waals surface area contributed by atoms with Crippen LogP contribution in [0.5, 0.6) is 5.75 Å². The van der Waals surface area contributed by atoms with Gasteiger partial charge in [0.15, 0.2) is 5.76 Å². The Morgan fingerprint density at radius 1 is 1.13 bits per heavy atom. The van der Waals surface area contributed by atoms with E-state index in [-0.39, 0.29) is 11.5 Å². The lowest BCUT2D eigenvalue weighted by atomic mass is 10.1. The minimum atomic E-state index is -0.462. The van der Waals surface area contributed by atoms with Crippen molar-refractivity contribution < 1.29 is 13.9 Å². The number of hydrogen-bond donors (Lipinski definition) is 1. The van der Waals surface area contributed by atoms with Gasteiger partial charge in [0.05, 0.1) is 5.39 Å². The second kappa shape index (κ2) is 8.88. The first-order valence-electron chi connectivity index (χ1n) is 9.92. The Bertz CT molecular complexity index is 1140. The standard InChI is InChI=1S/C24H23N3O3/c1-16-22-19(29-21(25)12-4-7-17-8-6-13-26-15-17)10-5-11-20(22)30-24(16)23(28)18-9-2-3-14-27-18/h2-3,5-6,8-11,13-15,21H,4,7,12,25H2,1H3. The summed E-state index contributed by atoms with van der Waals surface area (Å²) in [5.41, 5.74) is 9.05. The number of pyridine rings is 2. The van der Waals surface area contributed by atoms with Crippen LogP contribution in [0.25, 0.3) is 11.0 Å². The number of aryl methyl sites for hydroxylation is 2. The van der Waals surface area contributed by atoms with Crippen molar-refractivity contribution in [2.45, 2.75) is 32.4 Å². The van der Waals surface area contributed by atoms with E-state index in [1.54, 1.807) is 30.6 Å². The number of aromatic nitrogens is 2. The van der Waals surface area contributed by atoms with E-state index in [1.165, 1.54) is 5.56 Å². The number of furan rings is 1. The average Bonchev–Trinajstić information content (AvgIpc) is 3.12. The van der Waals surface area contributed by atoms with Crippen LogP contribution in [0, 0.1) is 6.92 Å². The van der Waals surface area contributed by atoms with E-state index in [0.29, 0.717) is 23.4 Å². The number of ether oxygens (including phenoxy) is 1. The lowest BCUT2D eigenvalue weighted by Crippen LogP contribution is -2.27. The molecule has 3 heterocycles. The van der Waals surface area contributed by atoms with E-state index in [2.05, 4.69) is 16.0 Å². The van der Waals surface area contributed by atoms with Crippen LogP contribution in [0.2, 0.25) is 0 Å². The maximum absolute atomic E-state index is 12.8. The van der Waals surface area contributed by atoms with Crippen molar-refractivity contribution >= 4 is 16.8 Å². The molecule has 0 saturated carbocycles. The highest BCUT2D eigenvalue weighted by atomic mass is 16.5. The fourth-order valence-corrected chi connectivity index (χ4v) is 3.47. The molecule has 6 nitrogen and oxygen atoms in total. The van der Waals surface area contributed by atoms with Crippen molar-refractivity contribution in [3.63, 3.8) is 0 Å². The Balaban J connectivity index is 1.50. The van der Waals surface area contributed by atoms with Crippen LogP contribution in [0.15, 0.2) is 71.5 Å². The maximum Gasteiger partial charge on any atom is 0.246 e. The predicted octanol–water partition coefficient (Wildman–Crippen LogP) is 4.45. The quantitative estimate of drug-likeness (QED) is 0.346. The summed E-state index contributed by atoms with van der Waals surface area (Å²) in [4.78, 5) is 21.1. The first-order chi connectivity index (χ1) is 14.6. The van der Waals surface area contributed by atoms with Gasteiger partial charge in [-0.15, -0.1) is 0 Å². The molecule has 152 valence electrons. The Hall–Kier alpha value is -3.51. The van der Waals surface area contributed by atoms with E-state index < -0.39 is 6.23 Å². The highest BCUT2D eigenvalue weighted by molar-refractivity contribution is 6.10. The van der Waals surface area contributed by atoms with Gasteiger partial charge >= 0.3 is 0 Å².